The summed E-state index contributed by atoms with van der Waals surface area (Å²) in [6.45, 7) is 3.75. The molecule has 1 heterocycles. The van der Waals surface area contributed by atoms with Crippen molar-refractivity contribution < 1.29 is 29.4 Å². The number of carbonyl (C=O) groups is 4. The van der Waals surface area contributed by atoms with E-state index < -0.39 is 36.3 Å². The molecule has 9 nitrogen and oxygen atoms in total. The van der Waals surface area contributed by atoms with Gasteiger partial charge in [0, 0.05) is 10.6 Å². The zero-order valence-electron chi connectivity index (χ0n) is 17.8. The van der Waals surface area contributed by atoms with Crippen LogP contribution in [0.4, 0.5) is 15.5 Å². The Morgan fingerprint density at radius 2 is 1.69 bits per heavy atom. The Hall–Kier alpha value is -3.40. The van der Waals surface area contributed by atoms with Gasteiger partial charge < -0.3 is 20.8 Å². The molecule has 3 amide bonds. The van der Waals surface area contributed by atoms with Crippen LogP contribution in [-0.4, -0.2) is 40.1 Å². The number of carboxylic acids is 2. The normalized spacial score (nSPS) is 13.6. The highest BCUT2D eigenvalue weighted by Crippen LogP contribution is 2.38. The average Bonchev–Trinajstić information content (AvgIpc) is 3.07. The second-order valence-electron chi connectivity index (χ2n) is 7.72. The molecule has 0 radical (unpaired) electrons. The summed E-state index contributed by atoms with van der Waals surface area (Å²) in [5, 5.41) is 26.4. The van der Waals surface area contributed by atoms with Gasteiger partial charge in [0.2, 0.25) is 0 Å². The third-order valence-electron chi connectivity index (χ3n) is 5.33. The third kappa shape index (κ3) is 5.25. The van der Waals surface area contributed by atoms with Gasteiger partial charge >= 0.3 is 18.0 Å². The van der Waals surface area contributed by atoms with Crippen LogP contribution < -0.4 is 16.0 Å². The molecule has 10 heteroatoms. The van der Waals surface area contributed by atoms with Gasteiger partial charge in [-0.25, -0.2) is 9.59 Å². The molecule has 1 aliphatic rings. The lowest BCUT2D eigenvalue weighted by Crippen LogP contribution is -2.42. The van der Waals surface area contributed by atoms with Gasteiger partial charge in [-0.15, -0.1) is 11.3 Å². The molecule has 3 rings (SSSR count). The van der Waals surface area contributed by atoms with Crippen LogP contribution in [0, 0.1) is 13.8 Å². The molecule has 0 unspecified atom stereocenters. The van der Waals surface area contributed by atoms with Gasteiger partial charge in [-0.1, -0.05) is 18.2 Å². The van der Waals surface area contributed by atoms with E-state index in [9.17, 15) is 24.3 Å². The number of carbonyl (C=O) groups excluding carboxylic acids is 2. The highest BCUT2D eigenvalue weighted by Gasteiger charge is 2.30. The SMILES string of the molecule is Cc1cccc(C)c1NC(=O)Nc1sc2c(c1C(=O)N[C@@H](CC(=O)O)C(=O)O)CCCC2. The van der Waals surface area contributed by atoms with E-state index in [1.165, 1.54) is 11.3 Å². The third-order valence-corrected chi connectivity index (χ3v) is 6.53. The molecule has 1 aromatic heterocycles. The molecule has 170 valence electrons. The number of benzene rings is 1. The van der Waals surface area contributed by atoms with E-state index in [2.05, 4.69) is 16.0 Å². The summed E-state index contributed by atoms with van der Waals surface area (Å²) in [6.07, 6.45) is 2.47. The summed E-state index contributed by atoms with van der Waals surface area (Å²) in [6, 6.07) is 3.55. The molecule has 5 N–H and O–H groups in total. The summed E-state index contributed by atoms with van der Waals surface area (Å²) in [4.78, 5) is 49.1. The largest absolute Gasteiger partial charge is 0.481 e. The Morgan fingerprint density at radius 1 is 1.03 bits per heavy atom. The number of nitrogens with one attached hydrogen (secondary N) is 3. The quantitative estimate of drug-likeness (QED) is 0.428. The van der Waals surface area contributed by atoms with Crippen molar-refractivity contribution in [2.45, 2.75) is 52.0 Å². The monoisotopic (exact) mass is 459 g/mol. The first-order chi connectivity index (χ1) is 15.2. The summed E-state index contributed by atoms with van der Waals surface area (Å²) >= 11 is 1.29. The molecule has 2 aromatic rings. The topological polar surface area (TPSA) is 145 Å². The molecule has 32 heavy (non-hydrogen) atoms. The molecule has 1 atom stereocenters. The van der Waals surface area contributed by atoms with Crippen LogP contribution in [0.3, 0.4) is 0 Å². The van der Waals surface area contributed by atoms with Crippen molar-refractivity contribution in [1.29, 1.82) is 0 Å². The molecule has 1 aliphatic carbocycles. The van der Waals surface area contributed by atoms with Crippen LogP contribution in [0.5, 0.6) is 0 Å². The maximum atomic E-state index is 13.0. The fourth-order valence-corrected chi connectivity index (χ4v) is 5.04. The van der Waals surface area contributed by atoms with E-state index in [-0.39, 0.29) is 5.56 Å². The number of rotatable bonds is 7. The maximum Gasteiger partial charge on any atom is 0.326 e. The summed E-state index contributed by atoms with van der Waals surface area (Å²) in [7, 11) is 0. The fraction of sp³-hybridized carbons (Fsp3) is 0.364. The Bertz CT molecular complexity index is 1060. The number of para-hydroxylation sites is 1. The summed E-state index contributed by atoms with van der Waals surface area (Å²) in [5.74, 6) is -3.48. The highest BCUT2D eigenvalue weighted by molar-refractivity contribution is 7.17. The number of urea groups is 1. The highest BCUT2D eigenvalue weighted by atomic mass is 32.1. The van der Waals surface area contributed by atoms with Gasteiger partial charge in [0.25, 0.3) is 5.91 Å². The van der Waals surface area contributed by atoms with Crippen LogP contribution in [0.2, 0.25) is 0 Å². The minimum Gasteiger partial charge on any atom is -0.481 e. The second kappa shape index (κ2) is 9.82. The Balaban J connectivity index is 1.87. The minimum absolute atomic E-state index is 0.206. The number of anilines is 2. The van der Waals surface area contributed by atoms with Gasteiger partial charge in [0.15, 0.2) is 0 Å². The van der Waals surface area contributed by atoms with E-state index >= 15 is 0 Å². The van der Waals surface area contributed by atoms with E-state index in [0.29, 0.717) is 17.1 Å². The zero-order chi connectivity index (χ0) is 23.4. The molecule has 0 fully saturated rings. The number of hydrogen-bond acceptors (Lipinski definition) is 5. The molecular weight excluding hydrogens is 434 g/mol. The number of amides is 3. The first kappa shape index (κ1) is 23.3. The zero-order valence-corrected chi connectivity index (χ0v) is 18.6. The Labute approximate surface area is 188 Å². The van der Waals surface area contributed by atoms with Crippen molar-refractivity contribution in [3.63, 3.8) is 0 Å². The molecule has 0 saturated heterocycles. The lowest BCUT2D eigenvalue weighted by molar-refractivity contribution is -0.145. The lowest BCUT2D eigenvalue weighted by Gasteiger charge is -2.16. The van der Waals surface area contributed by atoms with Crippen LogP contribution in [-0.2, 0) is 22.4 Å². The second-order valence-corrected chi connectivity index (χ2v) is 8.83. The van der Waals surface area contributed by atoms with Crippen molar-refractivity contribution in [3.8, 4) is 0 Å². The first-order valence-electron chi connectivity index (χ1n) is 10.2. The Morgan fingerprint density at radius 3 is 2.31 bits per heavy atom. The molecule has 0 spiro atoms. The Kier molecular flexibility index (Phi) is 7.14. The molecule has 0 saturated carbocycles. The van der Waals surface area contributed by atoms with Crippen LogP contribution in [0.25, 0.3) is 0 Å². The fourth-order valence-electron chi connectivity index (χ4n) is 3.76. The number of thiophene rings is 1. The average molecular weight is 460 g/mol. The van der Waals surface area contributed by atoms with Crippen LogP contribution >= 0.6 is 11.3 Å². The molecule has 1 aromatic carbocycles. The van der Waals surface area contributed by atoms with Gasteiger partial charge in [-0.3, -0.25) is 14.9 Å². The van der Waals surface area contributed by atoms with E-state index in [1.807, 2.05) is 32.0 Å². The number of hydrogen-bond donors (Lipinski definition) is 5. The maximum absolute atomic E-state index is 13.0. The molecular formula is C22H25N3O6S. The van der Waals surface area contributed by atoms with Crippen molar-refractivity contribution in [2.75, 3.05) is 10.6 Å². The van der Waals surface area contributed by atoms with Gasteiger partial charge in [0.05, 0.1) is 12.0 Å². The summed E-state index contributed by atoms with van der Waals surface area (Å²) < 4.78 is 0. The van der Waals surface area contributed by atoms with Crippen LogP contribution in [0.1, 0.15) is 51.2 Å². The van der Waals surface area contributed by atoms with E-state index in [4.69, 9.17) is 5.11 Å². The van der Waals surface area contributed by atoms with E-state index in [1.54, 1.807) is 0 Å². The van der Waals surface area contributed by atoms with Crippen molar-refractivity contribution in [2.24, 2.45) is 0 Å². The summed E-state index contributed by atoms with van der Waals surface area (Å²) in [5.41, 5.74) is 3.44. The first-order valence-corrected chi connectivity index (χ1v) is 11.0. The van der Waals surface area contributed by atoms with Crippen LogP contribution in [0.15, 0.2) is 18.2 Å². The molecule has 0 bridgehead atoms. The lowest BCUT2D eigenvalue weighted by atomic mass is 9.95. The van der Waals surface area contributed by atoms with Gasteiger partial charge in [0.1, 0.15) is 11.0 Å². The van der Waals surface area contributed by atoms with Gasteiger partial charge in [-0.2, -0.15) is 0 Å². The minimum atomic E-state index is -1.57. The smallest absolute Gasteiger partial charge is 0.326 e. The van der Waals surface area contributed by atoms with E-state index in [0.717, 1.165) is 40.8 Å². The van der Waals surface area contributed by atoms with Gasteiger partial charge in [-0.05, 0) is 56.2 Å². The number of aliphatic carboxylic acids is 2. The van der Waals surface area contributed by atoms with Crippen molar-refractivity contribution in [1.82, 2.24) is 5.32 Å². The number of carboxylic acid groups (broad SMARTS) is 2. The van der Waals surface area contributed by atoms with Crippen molar-refractivity contribution in [3.05, 3.63) is 45.3 Å². The predicted octanol–water partition coefficient (Wildman–Crippen LogP) is 3.55. The van der Waals surface area contributed by atoms with Crippen molar-refractivity contribution >= 4 is 45.9 Å². The number of fused-ring (bicyclic) bond motifs is 1. The number of aryl methyl sites for hydroxylation is 3. The standard InChI is InChI=1S/C22H25N3O6S/c1-11-6-5-7-12(2)18(11)24-22(31)25-20-17(13-8-3-4-9-15(13)32-20)19(28)23-14(21(29)30)10-16(26)27/h5-7,14H,3-4,8-10H2,1-2H3,(H,23,28)(H,26,27)(H,29,30)(H2,24,25,31)/t14-/m0/s1. The predicted molar refractivity (Wildman–Crippen MR) is 121 cm³/mol. The molecule has 0 aliphatic heterocycles.